The second-order valence-corrected chi connectivity index (χ2v) is 7.13. The minimum atomic E-state index is 0.0271. The number of carbonyl (C=O) groups is 1. The largest absolute Gasteiger partial charge is 0.497 e. The van der Waals surface area contributed by atoms with E-state index in [1.54, 1.807) is 7.11 Å². The van der Waals surface area contributed by atoms with Crippen molar-refractivity contribution in [2.75, 3.05) is 30.4 Å². The molecule has 1 heterocycles. The fourth-order valence-corrected chi connectivity index (χ4v) is 3.39. The van der Waals surface area contributed by atoms with Crippen molar-refractivity contribution in [1.82, 2.24) is 5.32 Å². The molecule has 0 saturated carbocycles. The molecule has 5 nitrogen and oxygen atoms in total. The second kappa shape index (κ2) is 9.42. The molecule has 0 bridgehead atoms. The van der Waals surface area contributed by atoms with E-state index in [9.17, 15) is 4.79 Å². The predicted molar refractivity (Wildman–Crippen MR) is 110 cm³/mol. The van der Waals surface area contributed by atoms with Crippen molar-refractivity contribution in [1.29, 1.82) is 0 Å². The van der Waals surface area contributed by atoms with E-state index in [2.05, 4.69) is 27.7 Å². The zero-order valence-corrected chi connectivity index (χ0v) is 16.2. The number of ether oxygens (including phenoxy) is 1. The van der Waals surface area contributed by atoms with Crippen LogP contribution in [0.2, 0.25) is 0 Å². The lowest BCUT2D eigenvalue weighted by Crippen LogP contribution is -2.30. The molecule has 0 aliphatic carbocycles. The Kier molecular flexibility index (Phi) is 6.71. The third kappa shape index (κ3) is 5.73. The predicted octanol–water partition coefficient (Wildman–Crippen LogP) is 3.80. The normalized spacial score (nSPS) is 14.8. The van der Waals surface area contributed by atoms with Gasteiger partial charge in [-0.3, -0.25) is 4.79 Å². The number of nitrogens with zero attached hydrogens (tertiary/aromatic N) is 1. The van der Waals surface area contributed by atoms with Crippen LogP contribution in [0.15, 0.2) is 48.5 Å². The van der Waals surface area contributed by atoms with E-state index in [0.717, 1.165) is 30.1 Å². The number of amides is 1. The van der Waals surface area contributed by atoms with Crippen LogP contribution < -0.4 is 20.3 Å². The van der Waals surface area contributed by atoms with E-state index in [1.165, 1.54) is 18.5 Å². The molecule has 1 aliphatic rings. The third-order valence-electron chi connectivity index (χ3n) is 4.88. The Morgan fingerprint density at radius 2 is 1.93 bits per heavy atom. The molecule has 3 rings (SSSR count). The van der Waals surface area contributed by atoms with Crippen molar-refractivity contribution in [3.8, 4) is 5.75 Å². The summed E-state index contributed by atoms with van der Waals surface area (Å²) in [7, 11) is 1.66. The van der Waals surface area contributed by atoms with Crippen LogP contribution in [0.5, 0.6) is 5.75 Å². The number of anilines is 2. The van der Waals surface area contributed by atoms with Crippen molar-refractivity contribution in [3.63, 3.8) is 0 Å². The highest BCUT2D eigenvalue weighted by Crippen LogP contribution is 2.23. The molecule has 2 aromatic carbocycles. The Morgan fingerprint density at radius 1 is 1.15 bits per heavy atom. The Morgan fingerprint density at radius 3 is 2.70 bits per heavy atom. The maximum absolute atomic E-state index is 12.4. The van der Waals surface area contributed by atoms with Gasteiger partial charge in [0.1, 0.15) is 5.75 Å². The van der Waals surface area contributed by atoms with E-state index >= 15 is 0 Å². The average Bonchev–Trinajstić information content (AvgIpc) is 3.21. The first kappa shape index (κ1) is 19.2. The van der Waals surface area contributed by atoms with Crippen molar-refractivity contribution < 1.29 is 9.53 Å². The van der Waals surface area contributed by atoms with E-state index < -0.39 is 0 Å². The van der Waals surface area contributed by atoms with Crippen molar-refractivity contribution in [2.24, 2.45) is 0 Å². The van der Waals surface area contributed by atoms with E-state index in [-0.39, 0.29) is 11.9 Å². The summed E-state index contributed by atoms with van der Waals surface area (Å²) >= 11 is 0. The molecule has 144 valence electrons. The molecule has 27 heavy (non-hydrogen) atoms. The molecule has 1 saturated heterocycles. The topological polar surface area (TPSA) is 53.6 Å². The summed E-state index contributed by atoms with van der Waals surface area (Å²) in [5.41, 5.74) is 3.19. The molecule has 1 fully saturated rings. The van der Waals surface area contributed by atoms with Crippen LogP contribution in [0.1, 0.15) is 31.7 Å². The Balaban J connectivity index is 1.47. The van der Waals surface area contributed by atoms with Crippen LogP contribution >= 0.6 is 0 Å². The quantitative estimate of drug-likeness (QED) is 0.745. The van der Waals surface area contributed by atoms with Gasteiger partial charge in [-0.1, -0.05) is 18.2 Å². The Hall–Kier alpha value is -2.53. The maximum Gasteiger partial charge on any atom is 0.225 e. The smallest absolute Gasteiger partial charge is 0.225 e. The van der Waals surface area contributed by atoms with Crippen LogP contribution in [0.25, 0.3) is 0 Å². The molecule has 0 aromatic heterocycles. The second-order valence-electron chi connectivity index (χ2n) is 7.13. The lowest BCUT2D eigenvalue weighted by molar-refractivity contribution is -0.116. The number of hydrogen-bond acceptors (Lipinski definition) is 4. The van der Waals surface area contributed by atoms with Gasteiger partial charge in [-0.25, -0.2) is 0 Å². The molecule has 2 aromatic rings. The highest BCUT2D eigenvalue weighted by Gasteiger charge is 2.14. The average molecular weight is 367 g/mol. The minimum Gasteiger partial charge on any atom is -0.497 e. The monoisotopic (exact) mass is 367 g/mol. The first-order chi connectivity index (χ1) is 13.1. The van der Waals surface area contributed by atoms with Gasteiger partial charge < -0.3 is 20.3 Å². The zero-order valence-electron chi connectivity index (χ0n) is 16.2. The van der Waals surface area contributed by atoms with Crippen molar-refractivity contribution in [3.05, 3.63) is 54.1 Å². The van der Waals surface area contributed by atoms with Crippen LogP contribution in [0.3, 0.4) is 0 Å². The lowest BCUT2D eigenvalue weighted by atomic mass is 10.1. The van der Waals surface area contributed by atoms with Crippen molar-refractivity contribution in [2.45, 2.75) is 38.8 Å². The summed E-state index contributed by atoms with van der Waals surface area (Å²) in [4.78, 5) is 14.8. The van der Waals surface area contributed by atoms with Crippen LogP contribution in [-0.2, 0) is 11.3 Å². The molecular formula is C22H29N3O2. The summed E-state index contributed by atoms with van der Waals surface area (Å²) in [6, 6.07) is 16.2. The van der Waals surface area contributed by atoms with Gasteiger partial charge in [0.25, 0.3) is 0 Å². The van der Waals surface area contributed by atoms with Crippen LogP contribution in [-0.4, -0.2) is 32.1 Å². The van der Waals surface area contributed by atoms with Crippen LogP contribution in [0, 0.1) is 0 Å². The number of nitrogens with one attached hydrogen (secondary N) is 2. The summed E-state index contributed by atoms with van der Waals surface area (Å²) in [6.07, 6.45) is 2.91. The van der Waals surface area contributed by atoms with E-state index in [4.69, 9.17) is 4.74 Å². The summed E-state index contributed by atoms with van der Waals surface area (Å²) < 4.78 is 5.24. The molecule has 1 unspecified atom stereocenters. The van der Waals surface area contributed by atoms with Crippen LogP contribution in [0.4, 0.5) is 11.4 Å². The summed E-state index contributed by atoms with van der Waals surface area (Å²) in [6.45, 7) is 4.93. The molecule has 0 radical (unpaired) electrons. The lowest BCUT2D eigenvalue weighted by Gasteiger charge is -2.19. The number of benzene rings is 2. The molecule has 5 heteroatoms. The molecule has 0 spiro atoms. The number of rotatable bonds is 8. The van der Waals surface area contributed by atoms with Gasteiger partial charge in [0.05, 0.1) is 7.11 Å². The standard InChI is InChI=1S/C22H29N3O2/c1-17(23-16-18-7-5-10-21(14-18)27-2)13-22(26)24-19-8-6-9-20(15-19)25-11-3-4-12-25/h5-10,14-15,17,23H,3-4,11-13,16H2,1-2H3,(H,24,26). The molecule has 1 atom stereocenters. The van der Waals surface area contributed by atoms with Gasteiger partial charge in [-0.15, -0.1) is 0 Å². The number of methoxy groups -OCH3 is 1. The number of carbonyl (C=O) groups excluding carboxylic acids is 1. The van der Waals surface area contributed by atoms with Gasteiger partial charge in [-0.2, -0.15) is 0 Å². The van der Waals surface area contributed by atoms with Gasteiger partial charge in [0.15, 0.2) is 0 Å². The first-order valence-electron chi connectivity index (χ1n) is 9.65. The van der Waals surface area contributed by atoms with Gasteiger partial charge >= 0.3 is 0 Å². The number of hydrogen-bond donors (Lipinski definition) is 2. The van der Waals surface area contributed by atoms with Gasteiger partial charge in [-0.05, 0) is 55.7 Å². The Bertz CT molecular complexity index is 757. The fourth-order valence-electron chi connectivity index (χ4n) is 3.39. The maximum atomic E-state index is 12.4. The highest BCUT2D eigenvalue weighted by molar-refractivity contribution is 5.91. The highest BCUT2D eigenvalue weighted by atomic mass is 16.5. The Labute approximate surface area is 161 Å². The van der Waals surface area contributed by atoms with Gasteiger partial charge in [0, 0.05) is 43.5 Å². The molecule has 1 amide bonds. The SMILES string of the molecule is COc1cccc(CNC(C)CC(=O)Nc2cccc(N3CCCC3)c2)c1. The van der Waals surface area contributed by atoms with Crippen molar-refractivity contribution >= 4 is 17.3 Å². The van der Waals surface area contributed by atoms with E-state index in [0.29, 0.717) is 13.0 Å². The first-order valence-corrected chi connectivity index (χ1v) is 9.65. The summed E-state index contributed by atoms with van der Waals surface area (Å²) in [5.74, 6) is 0.872. The zero-order chi connectivity index (χ0) is 19.1. The summed E-state index contributed by atoms with van der Waals surface area (Å²) in [5, 5.41) is 6.43. The molecule has 1 aliphatic heterocycles. The van der Waals surface area contributed by atoms with E-state index in [1.807, 2.05) is 43.3 Å². The minimum absolute atomic E-state index is 0.0271. The van der Waals surface area contributed by atoms with Gasteiger partial charge in [0.2, 0.25) is 5.91 Å². The molecular weight excluding hydrogens is 338 g/mol. The fraction of sp³-hybridized carbons (Fsp3) is 0.409. The third-order valence-corrected chi connectivity index (χ3v) is 4.88. The molecule has 2 N–H and O–H groups in total.